The molecule has 1 amide bonds. The number of rotatable bonds is 5. The molecule has 35 heavy (non-hydrogen) atoms. The summed E-state index contributed by atoms with van der Waals surface area (Å²) in [6, 6.07) is 13.7. The van der Waals surface area contributed by atoms with Gasteiger partial charge in [-0.1, -0.05) is 0 Å². The minimum atomic E-state index is -0.294. The average Bonchev–Trinajstić information content (AvgIpc) is 3.51. The van der Waals surface area contributed by atoms with Crippen LogP contribution in [0.1, 0.15) is 40.3 Å². The number of carbonyl (C=O) groups excluding carboxylic acids is 2. The van der Waals surface area contributed by atoms with Gasteiger partial charge in [-0.2, -0.15) is 0 Å². The van der Waals surface area contributed by atoms with Crippen molar-refractivity contribution in [2.75, 3.05) is 31.1 Å². The van der Waals surface area contributed by atoms with Crippen LogP contribution in [0.3, 0.4) is 0 Å². The molecule has 2 N–H and O–H groups in total. The highest BCUT2D eigenvalue weighted by Crippen LogP contribution is 2.35. The number of nitrogens with zero attached hydrogens (tertiary/aromatic N) is 3. The Morgan fingerprint density at radius 3 is 2.34 bits per heavy atom. The van der Waals surface area contributed by atoms with Crippen LogP contribution in [0.15, 0.2) is 48.5 Å². The van der Waals surface area contributed by atoms with Crippen molar-refractivity contribution >= 4 is 28.7 Å². The maximum atomic E-state index is 13.3. The Kier molecular flexibility index (Phi) is 6.64. The number of nitrogens with one attached hydrogen (secondary N) is 2. The largest absolute Gasteiger partial charge is 0.368 e. The van der Waals surface area contributed by atoms with Crippen LogP contribution in [0, 0.1) is 12.7 Å². The van der Waals surface area contributed by atoms with Crippen LogP contribution in [0.25, 0.3) is 10.6 Å². The van der Waals surface area contributed by atoms with E-state index in [4.69, 9.17) is 0 Å². The molecule has 2 aromatic carbocycles. The number of aryl methyl sites for hydroxylation is 1. The molecule has 0 radical (unpaired) electrons. The third kappa shape index (κ3) is 4.98. The standard InChI is InChI=1S/C26H28FN5O2S/c1-16-24(35-25(28-16)19-3-7-20(27)8-4-19)22-15-23(30-29-22)26(34)32-13-11-31(12-14-32)21-9-5-18(6-10-21)17(2)33/h3-10,22-23,29-30H,11-15H2,1-2H3. The van der Waals surface area contributed by atoms with Gasteiger partial charge in [-0.3, -0.25) is 9.59 Å². The molecule has 2 saturated heterocycles. The Morgan fingerprint density at radius 1 is 1.00 bits per heavy atom. The third-order valence-corrected chi connectivity index (χ3v) is 7.99. The molecule has 2 aliphatic heterocycles. The highest BCUT2D eigenvalue weighted by Gasteiger charge is 2.35. The van der Waals surface area contributed by atoms with Gasteiger partial charge in [-0.05, 0) is 68.8 Å². The van der Waals surface area contributed by atoms with E-state index in [0.29, 0.717) is 25.1 Å². The topological polar surface area (TPSA) is 77.6 Å². The van der Waals surface area contributed by atoms with Gasteiger partial charge in [0.2, 0.25) is 5.91 Å². The number of hydrogen-bond donors (Lipinski definition) is 2. The second kappa shape index (κ2) is 9.85. The highest BCUT2D eigenvalue weighted by atomic mass is 32.1. The molecule has 0 spiro atoms. The molecule has 0 aliphatic carbocycles. The lowest BCUT2D eigenvalue weighted by Crippen LogP contribution is -2.53. The summed E-state index contributed by atoms with van der Waals surface area (Å²) in [6.07, 6.45) is 0.650. The molecule has 182 valence electrons. The number of halogens is 1. The summed E-state index contributed by atoms with van der Waals surface area (Å²) in [4.78, 5) is 34.6. The van der Waals surface area contributed by atoms with E-state index in [-0.39, 0.29) is 29.6 Å². The van der Waals surface area contributed by atoms with E-state index >= 15 is 0 Å². The van der Waals surface area contributed by atoms with Crippen molar-refractivity contribution in [1.82, 2.24) is 20.7 Å². The monoisotopic (exact) mass is 493 g/mol. The van der Waals surface area contributed by atoms with Crippen molar-refractivity contribution in [3.63, 3.8) is 0 Å². The number of hydrogen-bond acceptors (Lipinski definition) is 7. The molecule has 2 aliphatic rings. The van der Waals surface area contributed by atoms with Crippen LogP contribution in [0.2, 0.25) is 0 Å². The maximum Gasteiger partial charge on any atom is 0.241 e. The van der Waals surface area contributed by atoms with Gasteiger partial charge in [0.15, 0.2) is 5.78 Å². The Bertz CT molecular complexity index is 1220. The van der Waals surface area contributed by atoms with E-state index in [0.717, 1.165) is 39.9 Å². The number of carbonyl (C=O) groups is 2. The molecule has 2 unspecified atom stereocenters. The predicted octanol–water partition coefficient (Wildman–Crippen LogP) is 3.72. The number of piperazine rings is 1. The van der Waals surface area contributed by atoms with Crippen molar-refractivity contribution in [2.24, 2.45) is 0 Å². The third-order valence-electron chi connectivity index (χ3n) is 6.67. The van der Waals surface area contributed by atoms with Crippen molar-refractivity contribution in [2.45, 2.75) is 32.4 Å². The van der Waals surface area contributed by atoms with Crippen molar-refractivity contribution in [1.29, 1.82) is 0 Å². The Morgan fingerprint density at radius 2 is 1.69 bits per heavy atom. The number of amides is 1. The molecule has 2 atom stereocenters. The Labute approximate surface area is 207 Å². The SMILES string of the molecule is CC(=O)c1ccc(N2CCN(C(=O)C3CC(c4sc(-c5ccc(F)cc5)nc4C)NN3)CC2)cc1. The minimum Gasteiger partial charge on any atom is -0.368 e. The normalized spacial score (nSPS) is 20.3. The molecular formula is C26H28FN5O2S. The maximum absolute atomic E-state index is 13.3. The van der Waals surface area contributed by atoms with E-state index in [9.17, 15) is 14.0 Å². The molecule has 9 heteroatoms. The van der Waals surface area contributed by atoms with Gasteiger partial charge in [0.05, 0.1) is 11.7 Å². The molecule has 5 rings (SSSR count). The lowest BCUT2D eigenvalue weighted by Gasteiger charge is -2.37. The summed E-state index contributed by atoms with van der Waals surface area (Å²) >= 11 is 1.58. The van der Waals surface area contributed by atoms with Crippen molar-refractivity contribution in [3.05, 3.63) is 70.5 Å². The molecule has 2 fully saturated rings. The molecule has 1 aromatic heterocycles. The van der Waals surface area contributed by atoms with Crippen molar-refractivity contribution in [3.8, 4) is 10.6 Å². The fraction of sp³-hybridized carbons (Fsp3) is 0.346. The quantitative estimate of drug-likeness (QED) is 0.528. The second-order valence-electron chi connectivity index (χ2n) is 9.02. The van der Waals surface area contributed by atoms with Gasteiger partial charge in [0.25, 0.3) is 0 Å². The Balaban J connectivity index is 1.18. The highest BCUT2D eigenvalue weighted by molar-refractivity contribution is 7.15. The number of ketones is 1. The zero-order valence-electron chi connectivity index (χ0n) is 19.8. The summed E-state index contributed by atoms with van der Waals surface area (Å²) in [6.45, 7) is 6.36. The number of aromatic nitrogens is 1. The van der Waals surface area contributed by atoms with Gasteiger partial charge in [0.1, 0.15) is 16.9 Å². The number of anilines is 1. The summed E-state index contributed by atoms with van der Waals surface area (Å²) in [5.41, 5.74) is 10.1. The van der Waals surface area contributed by atoms with E-state index < -0.39 is 0 Å². The minimum absolute atomic E-state index is 0.00303. The van der Waals surface area contributed by atoms with Crippen LogP contribution >= 0.6 is 11.3 Å². The summed E-state index contributed by atoms with van der Waals surface area (Å²) in [7, 11) is 0. The van der Waals surface area contributed by atoms with Gasteiger partial charge in [-0.25, -0.2) is 20.2 Å². The zero-order valence-corrected chi connectivity index (χ0v) is 20.6. The first-order valence-corrected chi connectivity index (χ1v) is 12.6. The van der Waals surface area contributed by atoms with Crippen molar-refractivity contribution < 1.29 is 14.0 Å². The molecule has 0 saturated carbocycles. The second-order valence-corrected chi connectivity index (χ2v) is 10.1. The van der Waals surface area contributed by atoms with Gasteiger partial charge in [0, 0.05) is 47.9 Å². The fourth-order valence-corrected chi connectivity index (χ4v) is 5.79. The molecule has 3 aromatic rings. The number of thiazole rings is 1. The number of benzene rings is 2. The first kappa shape index (κ1) is 23.6. The summed E-state index contributed by atoms with van der Waals surface area (Å²) in [5.74, 6) is -0.104. The summed E-state index contributed by atoms with van der Waals surface area (Å²) in [5, 5.41) is 0.849. The van der Waals surface area contributed by atoms with Crippen LogP contribution in [0.4, 0.5) is 10.1 Å². The molecule has 0 bridgehead atoms. The fourth-order valence-electron chi connectivity index (χ4n) is 4.65. The Hall–Kier alpha value is -3.14. The number of Topliss-reactive ketones (excluding diaryl/α,β-unsaturated/α-hetero) is 1. The van der Waals surface area contributed by atoms with Crippen LogP contribution in [-0.2, 0) is 4.79 Å². The van der Waals surface area contributed by atoms with E-state index in [1.807, 2.05) is 36.1 Å². The average molecular weight is 494 g/mol. The lowest BCUT2D eigenvalue weighted by atomic mass is 10.1. The van der Waals surface area contributed by atoms with Gasteiger partial charge < -0.3 is 9.80 Å². The van der Waals surface area contributed by atoms with E-state index in [1.54, 1.807) is 30.4 Å². The first-order valence-electron chi connectivity index (χ1n) is 11.8. The predicted molar refractivity (Wildman–Crippen MR) is 135 cm³/mol. The smallest absolute Gasteiger partial charge is 0.241 e. The van der Waals surface area contributed by atoms with Crippen LogP contribution in [-0.4, -0.2) is 53.8 Å². The van der Waals surface area contributed by atoms with Crippen LogP contribution in [0.5, 0.6) is 0 Å². The number of hydrazine groups is 1. The van der Waals surface area contributed by atoms with Gasteiger partial charge in [-0.15, -0.1) is 11.3 Å². The first-order chi connectivity index (χ1) is 16.9. The van der Waals surface area contributed by atoms with Gasteiger partial charge >= 0.3 is 0 Å². The zero-order chi connectivity index (χ0) is 24.5. The van der Waals surface area contributed by atoms with Crippen LogP contribution < -0.4 is 15.8 Å². The molecule has 7 nitrogen and oxygen atoms in total. The van der Waals surface area contributed by atoms with E-state index in [2.05, 4.69) is 20.7 Å². The van der Waals surface area contributed by atoms with E-state index in [1.165, 1.54) is 12.1 Å². The lowest BCUT2D eigenvalue weighted by molar-refractivity contribution is -0.133. The molecule has 3 heterocycles. The summed E-state index contributed by atoms with van der Waals surface area (Å²) < 4.78 is 13.3. The molecular weight excluding hydrogens is 465 g/mol.